The second kappa shape index (κ2) is 7.73. The molecule has 124 valence electrons. The number of carbonyl (C=O) groups excluding carboxylic acids is 1. The van der Waals surface area contributed by atoms with E-state index in [2.05, 4.69) is 15.6 Å². The maximum atomic E-state index is 13.1. The zero-order valence-electron chi connectivity index (χ0n) is 13.2. The van der Waals surface area contributed by atoms with Crippen LogP contribution in [0.2, 0.25) is 0 Å². The van der Waals surface area contributed by atoms with E-state index in [1.807, 2.05) is 14.0 Å². The third-order valence-electron chi connectivity index (χ3n) is 3.64. The van der Waals surface area contributed by atoms with Crippen LogP contribution in [0.3, 0.4) is 0 Å². The summed E-state index contributed by atoms with van der Waals surface area (Å²) in [7, 11) is 1.82. The molecule has 2 atom stereocenters. The number of aromatic nitrogens is 2. The lowest BCUT2D eigenvalue weighted by atomic mass is 10.1. The highest BCUT2D eigenvalue weighted by Gasteiger charge is 2.21. The van der Waals surface area contributed by atoms with Gasteiger partial charge in [0.15, 0.2) is 0 Å². The minimum absolute atomic E-state index is 0.131. The zero-order valence-corrected chi connectivity index (χ0v) is 13.2. The first-order valence-electron chi connectivity index (χ1n) is 7.45. The third kappa shape index (κ3) is 4.29. The number of aliphatic hydroxyl groups is 1. The van der Waals surface area contributed by atoms with Crippen LogP contribution in [0.25, 0.3) is 0 Å². The Morgan fingerprint density at radius 1 is 1.35 bits per heavy atom. The SMILES string of the molecule is CC[C@H](CO)NC(=O)N[C@H](c1ccc(F)cc1)c1nccn1C. The lowest BCUT2D eigenvalue weighted by molar-refractivity contribution is 0.212. The fourth-order valence-corrected chi connectivity index (χ4v) is 2.24. The third-order valence-corrected chi connectivity index (χ3v) is 3.64. The fraction of sp³-hybridized carbons (Fsp3) is 0.375. The number of aliphatic hydroxyl groups excluding tert-OH is 1. The van der Waals surface area contributed by atoms with Crippen LogP contribution >= 0.6 is 0 Å². The molecule has 1 heterocycles. The molecule has 2 amide bonds. The summed E-state index contributed by atoms with van der Waals surface area (Å²) in [5, 5.41) is 14.7. The summed E-state index contributed by atoms with van der Waals surface area (Å²) >= 11 is 0. The molecule has 0 unspecified atom stereocenters. The molecule has 1 aromatic carbocycles. The van der Waals surface area contributed by atoms with Gasteiger partial charge in [0.05, 0.1) is 12.6 Å². The molecule has 2 aromatic rings. The molecule has 0 aliphatic carbocycles. The predicted octanol–water partition coefficient (Wildman–Crippen LogP) is 1.72. The molecule has 0 radical (unpaired) electrons. The number of hydrogen-bond acceptors (Lipinski definition) is 3. The van der Waals surface area contributed by atoms with Crippen molar-refractivity contribution in [3.05, 3.63) is 53.9 Å². The first-order valence-corrected chi connectivity index (χ1v) is 7.45. The first kappa shape index (κ1) is 17.0. The summed E-state index contributed by atoms with van der Waals surface area (Å²) in [5.74, 6) is 0.284. The van der Waals surface area contributed by atoms with Crippen LogP contribution in [0.1, 0.15) is 30.8 Å². The van der Waals surface area contributed by atoms with E-state index in [9.17, 15) is 14.3 Å². The number of nitrogens with zero attached hydrogens (tertiary/aromatic N) is 2. The molecule has 7 heteroatoms. The summed E-state index contributed by atoms with van der Waals surface area (Å²) < 4.78 is 14.9. The van der Waals surface area contributed by atoms with Crippen molar-refractivity contribution in [1.29, 1.82) is 0 Å². The van der Waals surface area contributed by atoms with Crippen molar-refractivity contribution >= 4 is 6.03 Å². The molecule has 0 saturated heterocycles. The quantitative estimate of drug-likeness (QED) is 0.758. The van der Waals surface area contributed by atoms with Crippen LogP contribution < -0.4 is 10.6 Å². The smallest absolute Gasteiger partial charge is 0.315 e. The molecule has 3 N–H and O–H groups in total. The van der Waals surface area contributed by atoms with E-state index in [1.165, 1.54) is 12.1 Å². The minimum Gasteiger partial charge on any atom is -0.394 e. The van der Waals surface area contributed by atoms with Gasteiger partial charge >= 0.3 is 6.03 Å². The average molecular weight is 320 g/mol. The topological polar surface area (TPSA) is 79.2 Å². The number of rotatable bonds is 6. The van der Waals surface area contributed by atoms with Crippen molar-refractivity contribution in [2.45, 2.75) is 25.4 Å². The number of amides is 2. The van der Waals surface area contributed by atoms with Crippen molar-refractivity contribution in [3.8, 4) is 0 Å². The highest BCUT2D eigenvalue weighted by atomic mass is 19.1. The second-order valence-corrected chi connectivity index (χ2v) is 5.29. The number of aryl methyl sites for hydroxylation is 1. The molecule has 6 nitrogen and oxygen atoms in total. The highest BCUT2D eigenvalue weighted by Crippen LogP contribution is 2.20. The van der Waals surface area contributed by atoms with E-state index in [0.717, 1.165) is 0 Å². The van der Waals surface area contributed by atoms with Gasteiger partial charge in [-0.15, -0.1) is 0 Å². The Morgan fingerprint density at radius 2 is 2.04 bits per heavy atom. The van der Waals surface area contributed by atoms with Crippen LogP contribution in [0, 0.1) is 5.82 Å². The molecule has 0 saturated carbocycles. The van der Waals surface area contributed by atoms with Gasteiger partial charge in [0.25, 0.3) is 0 Å². The van der Waals surface area contributed by atoms with Gasteiger partial charge in [-0.25, -0.2) is 14.2 Å². The highest BCUT2D eigenvalue weighted by molar-refractivity contribution is 5.75. The van der Waals surface area contributed by atoms with Gasteiger partial charge in [0.2, 0.25) is 0 Å². The summed E-state index contributed by atoms with van der Waals surface area (Å²) in [6.45, 7) is 1.74. The molecular weight excluding hydrogens is 299 g/mol. The van der Waals surface area contributed by atoms with Gasteiger partial charge in [-0.1, -0.05) is 19.1 Å². The van der Waals surface area contributed by atoms with E-state index in [1.54, 1.807) is 29.1 Å². The number of carbonyl (C=O) groups is 1. The first-order chi connectivity index (χ1) is 11.0. The lowest BCUT2D eigenvalue weighted by Crippen LogP contribution is -2.45. The summed E-state index contributed by atoms with van der Waals surface area (Å²) in [4.78, 5) is 16.4. The molecule has 1 aromatic heterocycles. The average Bonchev–Trinajstić information content (AvgIpc) is 2.97. The van der Waals surface area contributed by atoms with E-state index in [-0.39, 0.29) is 18.5 Å². The van der Waals surface area contributed by atoms with E-state index < -0.39 is 12.1 Å². The van der Waals surface area contributed by atoms with Crippen molar-refractivity contribution in [2.75, 3.05) is 6.61 Å². The Balaban J connectivity index is 2.22. The molecule has 0 aliphatic rings. The van der Waals surface area contributed by atoms with E-state index >= 15 is 0 Å². The Morgan fingerprint density at radius 3 is 2.57 bits per heavy atom. The van der Waals surface area contributed by atoms with Crippen LogP contribution in [-0.4, -0.2) is 33.3 Å². The molecule has 2 rings (SSSR count). The normalized spacial score (nSPS) is 13.4. The number of halogens is 1. The van der Waals surface area contributed by atoms with Crippen LogP contribution in [0.15, 0.2) is 36.7 Å². The van der Waals surface area contributed by atoms with Crippen molar-refractivity contribution in [3.63, 3.8) is 0 Å². The zero-order chi connectivity index (χ0) is 16.8. The number of hydrogen-bond donors (Lipinski definition) is 3. The van der Waals surface area contributed by atoms with Gasteiger partial charge in [0, 0.05) is 19.4 Å². The summed E-state index contributed by atoms with van der Waals surface area (Å²) in [6, 6.07) is 4.65. The van der Waals surface area contributed by atoms with Crippen molar-refractivity contribution in [2.24, 2.45) is 7.05 Å². The maximum absolute atomic E-state index is 13.1. The van der Waals surface area contributed by atoms with E-state index in [0.29, 0.717) is 17.8 Å². The Labute approximate surface area is 134 Å². The van der Waals surface area contributed by atoms with Gasteiger partial charge in [-0.2, -0.15) is 0 Å². The van der Waals surface area contributed by atoms with Crippen molar-refractivity contribution < 1.29 is 14.3 Å². The van der Waals surface area contributed by atoms with Crippen LogP contribution in [0.4, 0.5) is 9.18 Å². The standard InChI is InChI=1S/C16H21FN4O2/c1-3-13(10-22)19-16(23)20-14(15-18-8-9-21(15)2)11-4-6-12(17)7-5-11/h4-9,13-14,22H,3,10H2,1-2H3,(H2,19,20,23)/t13-,14-/m1/s1. The molecule has 0 aliphatic heterocycles. The van der Waals surface area contributed by atoms with Crippen LogP contribution in [-0.2, 0) is 7.05 Å². The number of benzene rings is 1. The van der Waals surface area contributed by atoms with E-state index in [4.69, 9.17) is 0 Å². The van der Waals surface area contributed by atoms with Gasteiger partial charge in [-0.3, -0.25) is 0 Å². The molecular formula is C16H21FN4O2. The largest absolute Gasteiger partial charge is 0.394 e. The number of imidazole rings is 1. The summed E-state index contributed by atoms with van der Waals surface area (Å²) in [6.07, 6.45) is 4.02. The number of nitrogens with one attached hydrogen (secondary N) is 2. The van der Waals surface area contributed by atoms with Crippen molar-refractivity contribution in [1.82, 2.24) is 20.2 Å². The maximum Gasteiger partial charge on any atom is 0.315 e. The Hall–Kier alpha value is -2.41. The Kier molecular flexibility index (Phi) is 5.70. The van der Waals surface area contributed by atoms with Gasteiger partial charge in [-0.05, 0) is 24.1 Å². The van der Waals surface area contributed by atoms with Gasteiger partial charge in [0.1, 0.15) is 17.7 Å². The minimum atomic E-state index is -0.521. The van der Waals surface area contributed by atoms with Gasteiger partial charge < -0.3 is 20.3 Å². The lowest BCUT2D eigenvalue weighted by Gasteiger charge is -2.21. The monoisotopic (exact) mass is 320 g/mol. The molecule has 0 spiro atoms. The number of urea groups is 1. The summed E-state index contributed by atoms with van der Waals surface area (Å²) in [5.41, 5.74) is 0.716. The van der Waals surface area contributed by atoms with Crippen LogP contribution in [0.5, 0.6) is 0 Å². The molecule has 0 bridgehead atoms. The fourth-order valence-electron chi connectivity index (χ4n) is 2.24. The second-order valence-electron chi connectivity index (χ2n) is 5.29. The predicted molar refractivity (Wildman–Crippen MR) is 84.3 cm³/mol. The molecule has 0 fully saturated rings. The Bertz CT molecular complexity index is 638. The molecule has 23 heavy (non-hydrogen) atoms.